The van der Waals surface area contributed by atoms with Gasteiger partial charge in [-0.05, 0) is 34.9 Å². The largest absolute Gasteiger partial charge is 0.283 e. The molecular formula is C16H21BrN2. The van der Waals surface area contributed by atoms with E-state index in [2.05, 4.69) is 63.8 Å². The van der Waals surface area contributed by atoms with Crippen LogP contribution in [0.4, 0.5) is 0 Å². The van der Waals surface area contributed by atoms with Crippen molar-refractivity contribution in [2.24, 2.45) is 10.8 Å². The summed E-state index contributed by atoms with van der Waals surface area (Å²) in [7, 11) is 0. The Morgan fingerprint density at radius 1 is 1.05 bits per heavy atom. The van der Waals surface area contributed by atoms with Crippen LogP contribution in [-0.2, 0) is 0 Å². The highest BCUT2D eigenvalue weighted by molar-refractivity contribution is 9.10. The van der Waals surface area contributed by atoms with Crippen molar-refractivity contribution < 1.29 is 0 Å². The Balaban J connectivity index is 1.73. The molecular weight excluding hydrogens is 300 g/mol. The van der Waals surface area contributed by atoms with E-state index < -0.39 is 0 Å². The van der Waals surface area contributed by atoms with Gasteiger partial charge < -0.3 is 0 Å². The van der Waals surface area contributed by atoms with Crippen molar-refractivity contribution in [3.05, 3.63) is 34.3 Å². The highest BCUT2D eigenvalue weighted by atomic mass is 79.9. The Bertz CT molecular complexity index is 491. The first-order chi connectivity index (χ1) is 8.96. The predicted octanol–water partition coefficient (Wildman–Crippen LogP) is 3.50. The van der Waals surface area contributed by atoms with E-state index in [9.17, 15) is 0 Å². The monoisotopic (exact) mass is 320 g/mol. The van der Waals surface area contributed by atoms with Gasteiger partial charge in [-0.15, -0.1) is 0 Å². The third kappa shape index (κ3) is 1.90. The average molecular weight is 321 g/mol. The molecule has 4 aliphatic heterocycles. The highest BCUT2D eigenvalue weighted by Gasteiger charge is 2.56. The average Bonchev–Trinajstić information content (AvgIpc) is 2.24. The molecule has 0 radical (unpaired) electrons. The summed E-state index contributed by atoms with van der Waals surface area (Å²) in [5.41, 5.74) is 2.46. The lowest BCUT2D eigenvalue weighted by atomic mass is 9.63. The van der Waals surface area contributed by atoms with Gasteiger partial charge >= 0.3 is 0 Å². The van der Waals surface area contributed by atoms with Gasteiger partial charge in [0.2, 0.25) is 0 Å². The molecule has 4 bridgehead atoms. The fourth-order valence-electron chi connectivity index (χ4n) is 5.09. The molecule has 0 spiro atoms. The van der Waals surface area contributed by atoms with Crippen LogP contribution in [0, 0.1) is 10.8 Å². The van der Waals surface area contributed by atoms with Gasteiger partial charge in [0.05, 0.1) is 6.17 Å². The van der Waals surface area contributed by atoms with Gasteiger partial charge in [-0.2, -0.15) is 0 Å². The summed E-state index contributed by atoms with van der Waals surface area (Å²) < 4.78 is 1.19. The molecule has 102 valence electrons. The molecule has 0 aliphatic carbocycles. The van der Waals surface area contributed by atoms with Crippen molar-refractivity contribution in [2.75, 3.05) is 26.2 Å². The van der Waals surface area contributed by atoms with Crippen LogP contribution in [0.15, 0.2) is 28.7 Å². The van der Waals surface area contributed by atoms with Crippen LogP contribution in [0.1, 0.15) is 32.0 Å². The van der Waals surface area contributed by atoms with Crippen molar-refractivity contribution in [2.45, 2.75) is 26.4 Å². The maximum Gasteiger partial charge on any atom is 0.0887 e. The van der Waals surface area contributed by atoms with Crippen LogP contribution in [-0.4, -0.2) is 36.0 Å². The van der Waals surface area contributed by atoms with Crippen molar-refractivity contribution in [3.63, 3.8) is 0 Å². The molecule has 19 heavy (non-hydrogen) atoms. The smallest absolute Gasteiger partial charge is 0.0887 e. The fourth-order valence-corrected chi connectivity index (χ4v) is 5.51. The van der Waals surface area contributed by atoms with E-state index in [4.69, 9.17) is 0 Å². The van der Waals surface area contributed by atoms with Crippen LogP contribution in [0.3, 0.4) is 0 Å². The van der Waals surface area contributed by atoms with E-state index in [1.165, 1.54) is 42.6 Å². The Hall–Kier alpha value is -0.380. The van der Waals surface area contributed by atoms with Crippen LogP contribution < -0.4 is 0 Å². The zero-order valence-electron chi connectivity index (χ0n) is 11.7. The first-order valence-electron chi connectivity index (χ1n) is 7.20. The SMILES string of the molecule is CC12CN3CC(C)(CN(C1)C3c1cccc(Br)c1)C2. The standard InChI is InChI=1S/C16H21BrN2/c1-15-7-16(2)10-18(8-15)14(19(9-15)11-16)12-4-3-5-13(17)6-12/h3-6,14H,7-11H2,1-2H3. The van der Waals surface area contributed by atoms with Crippen LogP contribution in [0.5, 0.6) is 0 Å². The first-order valence-corrected chi connectivity index (χ1v) is 7.99. The summed E-state index contributed by atoms with van der Waals surface area (Å²) in [4.78, 5) is 5.41. The molecule has 0 saturated carbocycles. The van der Waals surface area contributed by atoms with Gasteiger partial charge in [0, 0.05) is 30.7 Å². The zero-order valence-corrected chi connectivity index (χ0v) is 13.3. The molecule has 4 fully saturated rings. The van der Waals surface area contributed by atoms with Crippen molar-refractivity contribution in [1.82, 2.24) is 9.80 Å². The molecule has 0 N–H and O–H groups in total. The molecule has 1 aromatic carbocycles. The molecule has 4 saturated heterocycles. The summed E-state index contributed by atoms with van der Waals surface area (Å²) in [5, 5.41) is 0. The quantitative estimate of drug-likeness (QED) is 0.781. The van der Waals surface area contributed by atoms with E-state index in [-0.39, 0.29) is 0 Å². The van der Waals surface area contributed by atoms with Crippen LogP contribution >= 0.6 is 15.9 Å². The number of benzene rings is 1. The Labute approximate surface area is 123 Å². The summed E-state index contributed by atoms with van der Waals surface area (Å²) in [6, 6.07) is 8.85. The predicted molar refractivity (Wildman–Crippen MR) is 80.9 cm³/mol. The number of hydrogen-bond acceptors (Lipinski definition) is 2. The topological polar surface area (TPSA) is 6.48 Å². The molecule has 0 atom stereocenters. The van der Waals surface area contributed by atoms with E-state index in [1.54, 1.807) is 0 Å². The maximum absolute atomic E-state index is 3.61. The molecule has 0 amide bonds. The molecule has 3 heteroatoms. The summed E-state index contributed by atoms with van der Waals surface area (Å²) in [6.45, 7) is 9.99. The lowest BCUT2D eigenvalue weighted by molar-refractivity contribution is -0.194. The maximum atomic E-state index is 3.61. The van der Waals surface area contributed by atoms with Gasteiger partial charge in [0.1, 0.15) is 0 Å². The molecule has 4 aliphatic rings. The minimum atomic E-state index is 0.499. The second-order valence-corrected chi connectivity index (χ2v) is 8.45. The molecule has 0 unspecified atom stereocenters. The van der Waals surface area contributed by atoms with Gasteiger partial charge in [-0.3, -0.25) is 9.80 Å². The van der Waals surface area contributed by atoms with E-state index in [0.29, 0.717) is 17.0 Å². The van der Waals surface area contributed by atoms with Crippen LogP contribution in [0.25, 0.3) is 0 Å². The lowest BCUT2D eigenvalue weighted by Crippen LogP contribution is -2.70. The third-order valence-electron chi connectivity index (χ3n) is 5.03. The van der Waals surface area contributed by atoms with E-state index >= 15 is 0 Å². The van der Waals surface area contributed by atoms with Gasteiger partial charge in [-0.25, -0.2) is 0 Å². The second-order valence-electron chi connectivity index (χ2n) is 7.54. The van der Waals surface area contributed by atoms with Gasteiger partial charge in [-0.1, -0.05) is 41.9 Å². The minimum absolute atomic E-state index is 0.499. The molecule has 4 heterocycles. The third-order valence-corrected chi connectivity index (χ3v) is 5.52. The van der Waals surface area contributed by atoms with Gasteiger partial charge in [0.25, 0.3) is 0 Å². The van der Waals surface area contributed by atoms with Crippen molar-refractivity contribution >= 4 is 15.9 Å². The molecule has 1 aromatic rings. The number of rotatable bonds is 1. The number of halogens is 1. The number of piperidine rings is 2. The fraction of sp³-hybridized carbons (Fsp3) is 0.625. The Kier molecular flexibility index (Phi) is 2.50. The summed E-state index contributed by atoms with van der Waals surface area (Å²) in [6.07, 6.45) is 1.90. The van der Waals surface area contributed by atoms with Crippen molar-refractivity contribution in [1.29, 1.82) is 0 Å². The molecule has 5 rings (SSSR count). The first kappa shape index (κ1) is 12.4. The van der Waals surface area contributed by atoms with Crippen molar-refractivity contribution in [3.8, 4) is 0 Å². The number of nitrogens with zero attached hydrogens (tertiary/aromatic N) is 2. The van der Waals surface area contributed by atoms with E-state index in [0.717, 1.165) is 0 Å². The van der Waals surface area contributed by atoms with E-state index in [1.807, 2.05) is 0 Å². The molecule has 2 nitrogen and oxygen atoms in total. The molecule has 0 aromatic heterocycles. The zero-order chi connectivity index (χ0) is 13.3. The Morgan fingerprint density at radius 2 is 1.63 bits per heavy atom. The summed E-state index contributed by atoms with van der Waals surface area (Å²) in [5.74, 6) is 0. The van der Waals surface area contributed by atoms with Crippen LogP contribution in [0.2, 0.25) is 0 Å². The van der Waals surface area contributed by atoms with Gasteiger partial charge in [0.15, 0.2) is 0 Å². The highest BCUT2D eigenvalue weighted by Crippen LogP contribution is 2.54. The minimum Gasteiger partial charge on any atom is -0.283 e. The second kappa shape index (κ2) is 3.84. The lowest BCUT2D eigenvalue weighted by Gasteiger charge is -2.66. The summed E-state index contributed by atoms with van der Waals surface area (Å²) >= 11 is 3.61. The Morgan fingerprint density at radius 3 is 2.16 bits per heavy atom. The normalized spacial score (nSPS) is 47.6. The number of hydrogen-bond donors (Lipinski definition) is 0.